The molecule has 1 aromatic carbocycles. The van der Waals surface area contributed by atoms with Gasteiger partial charge in [-0.3, -0.25) is 4.79 Å². The van der Waals surface area contributed by atoms with Crippen LogP contribution in [0.3, 0.4) is 0 Å². The third-order valence-electron chi connectivity index (χ3n) is 1.69. The van der Waals surface area contributed by atoms with Crippen LogP contribution in [0, 0.1) is 11.8 Å². The number of ether oxygens (including phenoxy) is 1. The highest BCUT2D eigenvalue weighted by molar-refractivity contribution is 9.10. The molecule has 0 amide bonds. The normalized spacial score (nSPS) is 9.19. The van der Waals surface area contributed by atoms with E-state index in [0.717, 1.165) is 10.0 Å². The Morgan fingerprint density at radius 1 is 1.56 bits per heavy atom. The number of rotatable bonds is 2. The number of hydrogen-bond donors (Lipinski definition) is 0. The van der Waals surface area contributed by atoms with Crippen LogP contribution in [0.2, 0.25) is 5.02 Å². The third-order valence-corrected chi connectivity index (χ3v) is 2.58. The Hall–Kier alpha value is -0.980. The van der Waals surface area contributed by atoms with Gasteiger partial charge in [-0.1, -0.05) is 23.4 Å². The number of benzene rings is 1. The lowest BCUT2D eigenvalue weighted by Crippen LogP contribution is -2.01. The molecular weight excluding hydrogens is 291 g/mol. The molecule has 4 heteroatoms. The first-order valence-corrected chi connectivity index (χ1v) is 5.90. The van der Waals surface area contributed by atoms with Crippen molar-refractivity contribution in [3.63, 3.8) is 0 Å². The van der Waals surface area contributed by atoms with E-state index < -0.39 is 0 Å². The summed E-state index contributed by atoms with van der Waals surface area (Å²) in [7, 11) is 0. The summed E-state index contributed by atoms with van der Waals surface area (Å²) in [6.07, 6.45) is 0.100. The predicted octanol–water partition coefficient (Wildman–Crippen LogP) is 3.41. The molecule has 0 aliphatic heterocycles. The van der Waals surface area contributed by atoms with Crippen LogP contribution in [0.15, 0.2) is 22.7 Å². The maximum Gasteiger partial charge on any atom is 0.317 e. The molecule has 0 spiro atoms. The van der Waals surface area contributed by atoms with Gasteiger partial charge >= 0.3 is 5.97 Å². The summed E-state index contributed by atoms with van der Waals surface area (Å²) in [4.78, 5) is 11.0. The molecule has 0 bridgehead atoms. The van der Waals surface area contributed by atoms with E-state index in [-0.39, 0.29) is 12.4 Å². The summed E-state index contributed by atoms with van der Waals surface area (Å²) in [6.45, 7) is 2.15. The first-order valence-electron chi connectivity index (χ1n) is 4.73. The summed E-state index contributed by atoms with van der Waals surface area (Å²) in [5.41, 5.74) is 0.800. The van der Waals surface area contributed by atoms with Gasteiger partial charge in [0.25, 0.3) is 0 Å². The van der Waals surface area contributed by atoms with Crippen molar-refractivity contribution in [1.29, 1.82) is 0 Å². The van der Waals surface area contributed by atoms with E-state index in [1.54, 1.807) is 25.1 Å². The molecule has 0 saturated carbocycles. The molecule has 0 aliphatic carbocycles. The van der Waals surface area contributed by atoms with Crippen molar-refractivity contribution in [2.45, 2.75) is 13.3 Å². The molecule has 0 unspecified atom stereocenters. The lowest BCUT2D eigenvalue weighted by Gasteiger charge is -1.97. The van der Waals surface area contributed by atoms with Crippen LogP contribution in [0.1, 0.15) is 18.9 Å². The number of carbonyl (C=O) groups excluding carboxylic acids is 1. The van der Waals surface area contributed by atoms with Crippen molar-refractivity contribution in [2.24, 2.45) is 0 Å². The zero-order chi connectivity index (χ0) is 12.0. The summed E-state index contributed by atoms with van der Waals surface area (Å²) in [6, 6.07) is 5.31. The Bertz CT molecular complexity index is 446. The molecule has 2 nitrogen and oxygen atoms in total. The Labute approximate surface area is 108 Å². The van der Waals surface area contributed by atoms with Gasteiger partial charge in [-0.15, -0.1) is 0 Å². The van der Waals surface area contributed by atoms with Gasteiger partial charge in [0, 0.05) is 15.1 Å². The molecule has 84 valence electrons. The van der Waals surface area contributed by atoms with Crippen molar-refractivity contribution in [3.8, 4) is 11.8 Å². The van der Waals surface area contributed by atoms with Crippen LogP contribution in [-0.4, -0.2) is 12.6 Å². The van der Waals surface area contributed by atoms with Gasteiger partial charge in [-0.2, -0.15) is 0 Å². The summed E-state index contributed by atoms with van der Waals surface area (Å²) in [5, 5.41) is 0.641. The average Bonchev–Trinajstić information content (AvgIpc) is 2.22. The van der Waals surface area contributed by atoms with Crippen LogP contribution in [0.4, 0.5) is 0 Å². The second kappa shape index (κ2) is 6.57. The Balaban J connectivity index is 2.66. The van der Waals surface area contributed by atoms with E-state index in [0.29, 0.717) is 11.6 Å². The molecule has 0 fully saturated rings. The summed E-state index contributed by atoms with van der Waals surface area (Å²) >= 11 is 9.13. The standard InChI is InChI=1S/C12H10BrClO2/c1-2-16-12(15)5-3-4-9-6-7-10(14)8-11(9)13/h6-8H,2,5H2,1H3. The Kier molecular flexibility index (Phi) is 5.37. The maximum atomic E-state index is 11.0. The highest BCUT2D eigenvalue weighted by Crippen LogP contribution is 2.20. The van der Waals surface area contributed by atoms with Crippen molar-refractivity contribution in [3.05, 3.63) is 33.3 Å². The van der Waals surface area contributed by atoms with E-state index in [1.807, 2.05) is 0 Å². The molecule has 0 saturated heterocycles. The van der Waals surface area contributed by atoms with E-state index in [2.05, 4.69) is 27.8 Å². The maximum absolute atomic E-state index is 11.0. The average molecular weight is 302 g/mol. The van der Waals surface area contributed by atoms with E-state index in [9.17, 15) is 4.79 Å². The molecule has 16 heavy (non-hydrogen) atoms. The van der Waals surface area contributed by atoms with Gasteiger partial charge in [0.05, 0.1) is 6.61 Å². The molecular formula is C12H10BrClO2. The van der Waals surface area contributed by atoms with Gasteiger partial charge in [0.15, 0.2) is 0 Å². The van der Waals surface area contributed by atoms with E-state index in [4.69, 9.17) is 16.3 Å². The van der Waals surface area contributed by atoms with Crippen LogP contribution in [0.25, 0.3) is 0 Å². The second-order valence-electron chi connectivity index (χ2n) is 2.91. The van der Waals surface area contributed by atoms with Crippen LogP contribution in [0.5, 0.6) is 0 Å². The van der Waals surface area contributed by atoms with Crippen LogP contribution < -0.4 is 0 Å². The minimum atomic E-state index is -0.305. The van der Waals surface area contributed by atoms with E-state index in [1.165, 1.54) is 0 Å². The molecule has 1 rings (SSSR count). The number of hydrogen-bond acceptors (Lipinski definition) is 2. The molecule has 0 N–H and O–H groups in total. The van der Waals surface area contributed by atoms with Crippen molar-refractivity contribution >= 4 is 33.5 Å². The highest BCUT2D eigenvalue weighted by atomic mass is 79.9. The van der Waals surface area contributed by atoms with Crippen molar-refractivity contribution < 1.29 is 9.53 Å². The van der Waals surface area contributed by atoms with Crippen LogP contribution in [-0.2, 0) is 9.53 Å². The predicted molar refractivity (Wildman–Crippen MR) is 67.3 cm³/mol. The number of carbonyl (C=O) groups is 1. The molecule has 0 heterocycles. The smallest absolute Gasteiger partial charge is 0.317 e. The van der Waals surface area contributed by atoms with Gasteiger partial charge in [-0.05, 0) is 41.1 Å². The fourth-order valence-electron chi connectivity index (χ4n) is 1.01. The summed E-state index contributed by atoms with van der Waals surface area (Å²) in [5.74, 6) is 5.32. The van der Waals surface area contributed by atoms with Gasteiger partial charge < -0.3 is 4.74 Å². The van der Waals surface area contributed by atoms with Gasteiger partial charge in [0.2, 0.25) is 0 Å². The monoisotopic (exact) mass is 300 g/mol. The third kappa shape index (κ3) is 4.26. The first kappa shape index (κ1) is 13.1. The fourth-order valence-corrected chi connectivity index (χ4v) is 1.80. The number of halogens is 2. The van der Waals surface area contributed by atoms with Crippen LogP contribution >= 0.6 is 27.5 Å². The molecule has 0 aromatic heterocycles. The molecule has 0 aliphatic rings. The topological polar surface area (TPSA) is 26.3 Å². The summed E-state index contributed by atoms with van der Waals surface area (Å²) < 4.78 is 5.57. The molecule has 0 atom stereocenters. The van der Waals surface area contributed by atoms with E-state index >= 15 is 0 Å². The molecule has 0 radical (unpaired) electrons. The second-order valence-corrected chi connectivity index (χ2v) is 4.20. The van der Waals surface area contributed by atoms with Crippen molar-refractivity contribution in [1.82, 2.24) is 0 Å². The quantitative estimate of drug-likeness (QED) is 0.618. The lowest BCUT2D eigenvalue weighted by atomic mass is 10.2. The number of esters is 1. The van der Waals surface area contributed by atoms with Gasteiger partial charge in [0.1, 0.15) is 6.42 Å². The highest BCUT2D eigenvalue weighted by Gasteiger charge is 1.98. The lowest BCUT2D eigenvalue weighted by molar-refractivity contribution is -0.141. The largest absolute Gasteiger partial charge is 0.465 e. The van der Waals surface area contributed by atoms with Crippen molar-refractivity contribution in [2.75, 3.05) is 6.61 Å². The fraction of sp³-hybridized carbons (Fsp3) is 0.250. The minimum Gasteiger partial charge on any atom is -0.465 e. The zero-order valence-corrected chi connectivity index (χ0v) is 11.1. The SMILES string of the molecule is CCOC(=O)CC#Cc1ccc(Cl)cc1Br. The molecule has 1 aromatic rings. The Morgan fingerprint density at radius 3 is 2.94 bits per heavy atom. The first-order chi connectivity index (χ1) is 7.63. The Morgan fingerprint density at radius 2 is 2.31 bits per heavy atom. The zero-order valence-electron chi connectivity index (χ0n) is 8.72. The minimum absolute atomic E-state index is 0.100. The van der Waals surface area contributed by atoms with Gasteiger partial charge in [-0.25, -0.2) is 0 Å².